The van der Waals surface area contributed by atoms with Gasteiger partial charge in [-0.25, -0.2) is 4.90 Å². The van der Waals surface area contributed by atoms with Crippen molar-refractivity contribution in [3.05, 3.63) is 83.9 Å². The van der Waals surface area contributed by atoms with Crippen LogP contribution in [0.3, 0.4) is 0 Å². The molecule has 128 valence electrons. The van der Waals surface area contributed by atoms with Gasteiger partial charge in [-0.15, -0.1) is 0 Å². The molecule has 0 N–H and O–H groups in total. The number of anilines is 1. The third-order valence-corrected chi connectivity index (χ3v) is 4.19. The Bertz CT molecular complexity index is 960. The van der Waals surface area contributed by atoms with Crippen molar-refractivity contribution in [3.63, 3.8) is 0 Å². The zero-order valence-electron chi connectivity index (χ0n) is 14.0. The maximum atomic E-state index is 12.7. The zero-order chi connectivity index (χ0) is 18.1. The van der Waals surface area contributed by atoms with Gasteiger partial charge in [0, 0.05) is 0 Å². The monoisotopic (exact) mass is 345 g/mol. The summed E-state index contributed by atoms with van der Waals surface area (Å²) in [4.78, 5) is 26.6. The molecule has 0 aliphatic carbocycles. The summed E-state index contributed by atoms with van der Waals surface area (Å²) >= 11 is 0. The van der Waals surface area contributed by atoms with Crippen molar-refractivity contribution < 1.29 is 19.1 Å². The van der Waals surface area contributed by atoms with Crippen molar-refractivity contribution in [1.82, 2.24) is 0 Å². The Morgan fingerprint density at radius 2 is 1.23 bits per heavy atom. The second kappa shape index (κ2) is 6.37. The minimum absolute atomic E-state index is 0.351. The van der Waals surface area contributed by atoms with E-state index in [4.69, 9.17) is 9.47 Å². The molecule has 0 aromatic heterocycles. The molecule has 0 spiro atoms. The van der Waals surface area contributed by atoms with E-state index in [-0.39, 0.29) is 11.8 Å². The highest BCUT2D eigenvalue weighted by Crippen LogP contribution is 2.37. The largest absolute Gasteiger partial charge is 0.497 e. The van der Waals surface area contributed by atoms with Gasteiger partial charge in [0.25, 0.3) is 11.8 Å². The van der Waals surface area contributed by atoms with E-state index in [0.29, 0.717) is 34.1 Å². The number of amides is 2. The van der Waals surface area contributed by atoms with Crippen LogP contribution < -0.4 is 14.4 Å². The van der Waals surface area contributed by atoms with E-state index in [0.717, 1.165) is 4.90 Å². The number of methoxy groups -OCH3 is 1. The van der Waals surface area contributed by atoms with Gasteiger partial charge >= 0.3 is 0 Å². The second-order valence-electron chi connectivity index (χ2n) is 5.74. The normalized spacial score (nSPS) is 12.9. The fourth-order valence-electron chi connectivity index (χ4n) is 2.91. The highest BCUT2D eigenvalue weighted by Gasteiger charge is 2.37. The average Bonchev–Trinajstić information content (AvgIpc) is 2.94. The van der Waals surface area contributed by atoms with Gasteiger partial charge in [-0.2, -0.15) is 0 Å². The molecule has 1 aliphatic heterocycles. The molecular weight excluding hydrogens is 330 g/mol. The van der Waals surface area contributed by atoms with Gasteiger partial charge in [-0.3, -0.25) is 9.59 Å². The number of hydrogen-bond acceptors (Lipinski definition) is 4. The number of carbonyl (C=O) groups is 2. The van der Waals surface area contributed by atoms with Gasteiger partial charge in [0.1, 0.15) is 11.5 Å². The molecule has 1 aliphatic rings. The maximum absolute atomic E-state index is 12.7. The zero-order valence-corrected chi connectivity index (χ0v) is 14.0. The molecule has 0 atom stereocenters. The molecule has 2 amide bonds. The van der Waals surface area contributed by atoms with Gasteiger partial charge in [-0.1, -0.05) is 24.3 Å². The predicted octanol–water partition coefficient (Wildman–Crippen LogP) is 4.29. The van der Waals surface area contributed by atoms with Gasteiger partial charge in [-0.05, 0) is 48.5 Å². The number of benzene rings is 3. The average molecular weight is 345 g/mol. The first-order chi connectivity index (χ1) is 12.7. The standard InChI is InChI=1S/C21H15NO4/c1-25-14-10-12-15(13-11-14)26-19-9-5-4-8-18(19)22-20(23)16-6-2-3-7-17(16)21(22)24/h2-13H,1H3. The van der Waals surface area contributed by atoms with E-state index in [1.807, 2.05) is 0 Å². The van der Waals surface area contributed by atoms with Crippen molar-refractivity contribution in [2.45, 2.75) is 0 Å². The SMILES string of the molecule is COc1ccc(Oc2ccccc2N2C(=O)c3ccccc3C2=O)cc1. The predicted molar refractivity (Wildman–Crippen MR) is 97.1 cm³/mol. The van der Waals surface area contributed by atoms with E-state index in [1.165, 1.54) is 0 Å². The van der Waals surface area contributed by atoms with Crippen LogP contribution in [0.5, 0.6) is 17.2 Å². The van der Waals surface area contributed by atoms with E-state index >= 15 is 0 Å². The number of imide groups is 1. The first kappa shape index (κ1) is 15.9. The summed E-state index contributed by atoms with van der Waals surface area (Å²) in [6.45, 7) is 0. The van der Waals surface area contributed by atoms with Crippen LogP contribution in [0.1, 0.15) is 20.7 Å². The Labute approximate surface area is 150 Å². The Morgan fingerprint density at radius 1 is 0.692 bits per heavy atom. The summed E-state index contributed by atoms with van der Waals surface area (Å²) in [6, 6.07) is 20.9. The molecule has 0 saturated heterocycles. The van der Waals surface area contributed by atoms with Gasteiger partial charge in [0.15, 0.2) is 5.75 Å². The van der Waals surface area contributed by atoms with Crippen LogP contribution in [-0.4, -0.2) is 18.9 Å². The molecule has 26 heavy (non-hydrogen) atoms. The number of para-hydroxylation sites is 2. The Hall–Kier alpha value is -3.60. The molecule has 1 heterocycles. The van der Waals surface area contributed by atoms with E-state index in [1.54, 1.807) is 79.9 Å². The maximum Gasteiger partial charge on any atom is 0.266 e. The highest BCUT2D eigenvalue weighted by atomic mass is 16.5. The first-order valence-electron chi connectivity index (χ1n) is 8.08. The summed E-state index contributed by atoms with van der Waals surface area (Å²) in [5.41, 5.74) is 1.21. The molecule has 0 radical (unpaired) electrons. The van der Waals surface area contributed by atoms with Gasteiger partial charge in [0.2, 0.25) is 0 Å². The summed E-state index contributed by atoms with van der Waals surface area (Å²) in [5.74, 6) is 1.01. The van der Waals surface area contributed by atoms with E-state index < -0.39 is 0 Å². The first-order valence-corrected chi connectivity index (χ1v) is 8.08. The van der Waals surface area contributed by atoms with E-state index in [9.17, 15) is 9.59 Å². The lowest BCUT2D eigenvalue weighted by atomic mass is 10.1. The molecule has 0 fully saturated rings. The number of nitrogens with zero attached hydrogens (tertiary/aromatic N) is 1. The van der Waals surface area contributed by atoms with Crippen LogP contribution in [0.25, 0.3) is 0 Å². The quantitative estimate of drug-likeness (QED) is 0.662. The molecule has 3 aromatic carbocycles. The van der Waals surface area contributed by atoms with Crippen molar-refractivity contribution in [2.24, 2.45) is 0 Å². The van der Waals surface area contributed by atoms with Crippen LogP contribution in [-0.2, 0) is 0 Å². The molecular formula is C21H15NO4. The summed E-state index contributed by atoms with van der Waals surface area (Å²) in [6.07, 6.45) is 0. The topological polar surface area (TPSA) is 55.8 Å². The Kier molecular flexibility index (Phi) is 3.89. The molecule has 0 unspecified atom stereocenters. The second-order valence-corrected chi connectivity index (χ2v) is 5.74. The Morgan fingerprint density at radius 3 is 1.85 bits per heavy atom. The van der Waals surface area contributed by atoms with Crippen molar-refractivity contribution in [3.8, 4) is 17.2 Å². The van der Waals surface area contributed by atoms with Crippen LogP contribution in [0, 0.1) is 0 Å². The molecule has 0 saturated carbocycles. The minimum atomic E-state index is -0.351. The van der Waals surface area contributed by atoms with Crippen LogP contribution in [0.4, 0.5) is 5.69 Å². The van der Waals surface area contributed by atoms with Crippen LogP contribution in [0.15, 0.2) is 72.8 Å². The highest BCUT2D eigenvalue weighted by molar-refractivity contribution is 6.34. The smallest absolute Gasteiger partial charge is 0.266 e. The lowest BCUT2D eigenvalue weighted by molar-refractivity contribution is 0.0925. The summed E-state index contributed by atoms with van der Waals surface area (Å²) in [7, 11) is 1.59. The minimum Gasteiger partial charge on any atom is -0.497 e. The number of fused-ring (bicyclic) bond motifs is 1. The summed E-state index contributed by atoms with van der Waals surface area (Å²) < 4.78 is 11.1. The fraction of sp³-hybridized carbons (Fsp3) is 0.0476. The summed E-state index contributed by atoms with van der Waals surface area (Å²) in [5, 5.41) is 0. The van der Waals surface area contributed by atoms with Crippen molar-refractivity contribution in [2.75, 3.05) is 12.0 Å². The number of hydrogen-bond donors (Lipinski definition) is 0. The molecule has 3 aromatic rings. The number of rotatable bonds is 4. The van der Waals surface area contributed by atoms with Crippen molar-refractivity contribution in [1.29, 1.82) is 0 Å². The Balaban J connectivity index is 1.70. The molecule has 0 bridgehead atoms. The van der Waals surface area contributed by atoms with Crippen LogP contribution in [0.2, 0.25) is 0 Å². The third-order valence-electron chi connectivity index (χ3n) is 4.19. The fourth-order valence-corrected chi connectivity index (χ4v) is 2.91. The lowest BCUT2D eigenvalue weighted by Crippen LogP contribution is -2.29. The molecule has 5 heteroatoms. The van der Waals surface area contributed by atoms with Crippen LogP contribution >= 0.6 is 0 Å². The lowest BCUT2D eigenvalue weighted by Gasteiger charge is -2.18. The number of ether oxygens (including phenoxy) is 2. The molecule has 5 nitrogen and oxygen atoms in total. The molecule has 4 rings (SSSR count). The van der Waals surface area contributed by atoms with Crippen molar-refractivity contribution >= 4 is 17.5 Å². The van der Waals surface area contributed by atoms with E-state index in [2.05, 4.69) is 0 Å². The third kappa shape index (κ3) is 2.59. The number of carbonyl (C=O) groups excluding carboxylic acids is 2. The van der Waals surface area contributed by atoms with Gasteiger partial charge in [0.05, 0.1) is 23.9 Å². The van der Waals surface area contributed by atoms with Gasteiger partial charge < -0.3 is 9.47 Å².